The van der Waals surface area contributed by atoms with Gasteiger partial charge in [0.05, 0.1) is 85.8 Å². The lowest BCUT2D eigenvalue weighted by atomic mass is 9.82. The summed E-state index contributed by atoms with van der Waals surface area (Å²) < 4.78 is 150. The van der Waals surface area contributed by atoms with E-state index in [2.05, 4.69) is 18.2 Å². The zero-order valence-corrected chi connectivity index (χ0v) is 74.8. The van der Waals surface area contributed by atoms with Crippen LogP contribution in [0.4, 0.5) is 39.5 Å². The number of thiophene rings is 3. The van der Waals surface area contributed by atoms with Gasteiger partial charge in [-0.15, -0.1) is 34.0 Å². The molecule has 0 radical (unpaired) electrons. The predicted molar refractivity (Wildman–Crippen MR) is 450 cm³/mol. The van der Waals surface area contributed by atoms with Gasteiger partial charge < -0.3 is 101 Å². The molecule has 3 aromatic heterocycles. The Labute approximate surface area is 756 Å². The van der Waals surface area contributed by atoms with Crippen molar-refractivity contribution in [2.24, 2.45) is 35.5 Å². The molecule has 0 unspecified atom stereocenters. The molecule has 6 atom stereocenters. The van der Waals surface area contributed by atoms with Crippen molar-refractivity contribution in [2.45, 2.75) is 214 Å². The molecular formula is C93H116F9N3O21S3. The van der Waals surface area contributed by atoms with E-state index < -0.39 is 71.1 Å². The number of carboxylic acids is 3. The van der Waals surface area contributed by atoms with Gasteiger partial charge in [0.1, 0.15) is 60.5 Å². The van der Waals surface area contributed by atoms with E-state index in [0.29, 0.717) is 31.0 Å². The molecule has 3 saturated carbocycles. The molecule has 20 rings (SSSR count). The number of esters is 3. The topological polar surface area (TPSA) is 315 Å². The molecule has 3 aromatic carbocycles. The largest absolute Gasteiger partial charge is 0.542 e. The van der Waals surface area contributed by atoms with E-state index in [1.54, 1.807) is 7.11 Å². The van der Waals surface area contributed by atoms with Crippen LogP contribution in [0.2, 0.25) is 0 Å². The van der Waals surface area contributed by atoms with Crippen LogP contribution in [0, 0.1) is 35.5 Å². The van der Waals surface area contributed by atoms with Crippen molar-refractivity contribution in [2.75, 3.05) is 112 Å². The van der Waals surface area contributed by atoms with E-state index in [1.165, 1.54) is 70.8 Å². The van der Waals surface area contributed by atoms with Crippen LogP contribution in [-0.2, 0) is 72.6 Å². The van der Waals surface area contributed by atoms with Crippen molar-refractivity contribution < 1.29 is 155 Å². The number of aliphatic carboxylic acids is 3. The summed E-state index contributed by atoms with van der Waals surface area (Å²) in [5.74, 6) is -4.22. The molecule has 36 heteroatoms. The Morgan fingerprint density at radius 2 is 0.698 bits per heavy atom. The molecule has 0 spiro atoms. The SMILES string of the molecule is COc1ccc(OCCC[N+]23CCC(CC2)[C@H](OC(=O)[C@](O)(c2cccs2)C2CCCC2)C3)cc1.O=C(O[C@H]1C[N+]2(CCCOc3ccc4c(c3)CCCC4)CCC1CC2)[C@](O)(c1cccs1)C1CCCC1.O=C(O[C@H]1C[N+]2(CCCOc3ccc4c(c3)OCO4)CCC1CC2)[C@](O)(c1cccs1)C1CCCC1.O=C([O-])C(F)(F)F.O=C([O-])C(F)(F)F.O=C([O-])C(F)(F)F. The van der Waals surface area contributed by atoms with Crippen molar-refractivity contribution in [1.29, 1.82) is 0 Å². The lowest BCUT2D eigenvalue weighted by molar-refractivity contribution is -0.946. The second kappa shape index (κ2) is 43.9. The van der Waals surface area contributed by atoms with E-state index in [-0.39, 0.29) is 42.9 Å². The molecule has 10 aliphatic heterocycles. The third-order valence-electron chi connectivity index (χ3n) is 27.9. The van der Waals surface area contributed by atoms with Crippen LogP contribution < -0.4 is 43.7 Å². The summed E-state index contributed by atoms with van der Waals surface area (Å²) in [5, 5.41) is 67.4. The van der Waals surface area contributed by atoms with E-state index in [4.69, 9.17) is 72.3 Å². The normalized spacial score (nSPS) is 25.7. The Bertz CT molecular complexity index is 4540. The lowest BCUT2D eigenvalue weighted by Crippen LogP contribution is -2.65. The summed E-state index contributed by atoms with van der Waals surface area (Å²) in [7, 11) is 1.66. The Morgan fingerprint density at radius 3 is 1.02 bits per heavy atom. The van der Waals surface area contributed by atoms with Crippen molar-refractivity contribution in [3.05, 3.63) is 139 Å². The number of nitrogens with zero attached hydrogens (tertiary/aromatic N) is 3. The highest BCUT2D eigenvalue weighted by Gasteiger charge is 2.57. The van der Waals surface area contributed by atoms with E-state index in [0.717, 1.165) is 283 Å². The Kier molecular flexibility index (Phi) is 33.9. The molecule has 0 amide bonds. The first-order chi connectivity index (χ1) is 61.5. The zero-order valence-electron chi connectivity index (χ0n) is 72.3. The van der Waals surface area contributed by atoms with Crippen LogP contribution in [-0.4, -0.2) is 214 Å². The molecule has 24 nitrogen and oxygen atoms in total. The number of alkyl halides is 9. The number of benzene rings is 3. The van der Waals surface area contributed by atoms with Crippen LogP contribution in [0.25, 0.3) is 0 Å². The average molecular weight is 1880 g/mol. The number of methoxy groups -OCH3 is 1. The number of aryl methyl sites for hydroxylation is 2. The number of quaternary nitrogens is 3. The fraction of sp³-hybridized carbons (Fsp3) is 0.613. The summed E-state index contributed by atoms with van der Waals surface area (Å²) in [4.78, 5) is 69.3. The molecule has 6 bridgehead atoms. The van der Waals surface area contributed by atoms with Crippen molar-refractivity contribution >= 4 is 69.8 Å². The summed E-state index contributed by atoms with van der Waals surface area (Å²) >= 11 is 4.39. The number of carboxylic acid groups (broad SMARTS) is 3. The zero-order chi connectivity index (χ0) is 92.4. The number of fused-ring (bicyclic) bond motifs is 11. The fourth-order valence-corrected chi connectivity index (χ4v) is 23.5. The molecule has 14 aliphatic rings. The van der Waals surface area contributed by atoms with Crippen molar-refractivity contribution in [3.8, 4) is 34.5 Å². The molecule has 129 heavy (non-hydrogen) atoms. The maximum atomic E-state index is 13.6. The first-order valence-electron chi connectivity index (χ1n) is 44.8. The number of hydrogen-bond donors (Lipinski definition) is 3. The van der Waals surface area contributed by atoms with Crippen LogP contribution in [0.3, 0.4) is 0 Å². The minimum atomic E-state index is -5.19. The molecule has 4 aliphatic carbocycles. The van der Waals surface area contributed by atoms with Crippen LogP contribution in [0.5, 0.6) is 34.5 Å². The number of ether oxygens (including phenoxy) is 9. The number of halogens is 9. The molecular weight excluding hydrogens is 1760 g/mol. The van der Waals surface area contributed by atoms with Gasteiger partial charge in [-0.05, 0) is 158 Å². The van der Waals surface area contributed by atoms with Crippen LogP contribution in [0.1, 0.15) is 173 Å². The third-order valence-corrected chi connectivity index (χ3v) is 30.9. The van der Waals surface area contributed by atoms with Crippen LogP contribution in [0.15, 0.2) is 113 Å². The van der Waals surface area contributed by atoms with Gasteiger partial charge >= 0.3 is 36.4 Å². The van der Waals surface area contributed by atoms with E-state index in [1.807, 2.05) is 95.0 Å². The van der Waals surface area contributed by atoms with Gasteiger partial charge in [-0.3, -0.25) is 0 Å². The van der Waals surface area contributed by atoms with Gasteiger partial charge in [0.15, 0.2) is 46.6 Å². The highest BCUT2D eigenvalue weighted by atomic mass is 32.1. The van der Waals surface area contributed by atoms with Gasteiger partial charge in [-0.1, -0.05) is 62.8 Å². The third kappa shape index (κ3) is 25.3. The van der Waals surface area contributed by atoms with E-state index >= 15 is 0 Å². The van der Waals surface area contributed by atoms with Crippen molar-refractivity contribution in [1.82, 2.24) is 0 Å². The van der Waals surface area contributed by atoms with Gasteiger partial charge in [0.25, 0.3) is 0 Å². The Morgan fingerprint density at radius 1 is 0.395 bits per heavy atom. The van der Waals surface area contributed by atoms with Gasteiger partial charge in [-0.2, -0.15) is 39.5 Å². The molecule has 710 valence electrons. The van der Waals surface area contributed by atoms with Gasteiger partial charge in [0, 0.05) is 114 Å². The second-order valence-corrected chi connectivity index (χ2v) is 38.7. The average Bonchev–Trinajstić information content (AvgIpc) is 1.76. The number of hydrogen-bond acceptors (Lipinski definition) is 24. The molecule has 6 aromatic rings. The van der Waals surface area contributed by atoms with Gasteiger partial charge in [0.2, 0.25) is 6.79 Å². The van der Waals surface area contributed by atoms with Crippen molar-refractivity contribution in [3.63, 3.8) is 0 Å². The molecule has 3 N–H and O–H groups in total. The predicted octanol–water partition coefficient (Wildman–Crippen LogP) is 12.8. The first-order valence-corrected chi connectivity index (χ1v) is 47.5. The number of piperidine rings is 9. The first kappa shape index (κ1) is 99.5. The fourth-order valence-electron chi connectivity index (χ4n) is 20.8. The van der Waals surface area contributed by atoms with E-state index in [9.17, 15) is 69.2 Å². The maximum Gasteiger partial charge on any atom is 0.430 e. The Hall–Kier alpha value is -8.49. The number of carbonyl (C=O) groups is 6. The second-order valence-electron chi connectivity index (χ2n) is 35.9. The molecule has 12 fully saturated rings. The summed E-state index contributed by atoms with van der Waals surface area (Å²) in [6.07, 6.45) is 10.2. The Balaban J connectivity index is 0.000000157. The van der Waals surface area contributed by atoms with Crippen LogP contribution >= 0.6 is 34.0 Å². The standard InChI is InChI=1S/C31H42NO4S.C28H36NO6S.C28H38NO5S.3C2HF3O2/c33-30(31(34,26-9-3-4-10-26)29-11-5-20-37-29)36-28-22-32(17-14-24(28)15-18-32)16-6-19-35-27-13-12-23-7-1-2-8-25(23)21-27;30-27(28(31,21-5-1-2-6-21)26-7-3-16-36-26)35-25-18-29(13-10-20(25)11-14-29)12-4-15-32-22-8-9-23-24(17-22)34-19-33-23;1-32-23-9-11-24(12-10-23)33-18-5-15-29-16-13-21(14-17-29)25(20-29)34-27(30)28(31,22-6-2-3-7-22)26-8-4-19-35-26;3*3-2(4,5)1(6)7/h5,11-13,20-21,24,26,28,34H,1-4,6-10,14-19,22H2;3,7-9,16-17,20-21,25,31H,1-2,4-6,10-15,18-19H2;4,8-12,19,21-22,25,31H,2-3,5-7,13-18,20H2,1H3;3*(H,6,7)/q3*+1;;;/p-3/t24?,28-,31+,32?;20?,25-,28+,29?;21?,25-,28-,29?;;;/m001.../s1. The molecule has 9 saturated heterocycles. The monoisotopic (exact) mass is 1880 g/mol. The van der Waals surface area contributed by atoms with Gasteiger partial charge in [-0.25, -0.2) is 14.4 Å². The highest BCUT2D eigenvalue weighted by molar-refractivity contribution is 7.10. The number of carbonyl (C=O) groups excluding carboxylic acids is 6. The summed E-state index contributed by atoms with van der Waals surface area (Å²) in [6, 6.07) is 31.4. The number of rotatable bonds is 28. The minimum Gasteiger partial charge on any atom is -0.542 e. The summed E-state index contributed by atoms with van der Waals surface area (Å²) in [5.41, 5.74) is -1.56. The maximum absolute atomic E-state index is 13.6. The quantitative estimate of drug-likeness (QED) is 0.0135. The summed E-state index contributed by atoms with van der Waals surface area (Å²) in [6.45, 7) is 14.8. The lowest BCUT2D eigenvalue weighted by Gasteiger charge is -2.52. The minimum absolute atomic E-state index is 0.0383. The molecule has 13 heterocycles. The smallest absolute Gasteiger partial charge is 0.430 e. The number of aliphatic hydroxyl groups is 3. The highest BCUT2D eigenvalue weighted by Crippen LogP contribution is 2.50.